The van der Waals surface area contributed by atoms with E-state index in [1.165, 1.54) is 19.2 Å². The molecule has 0 spiro atoms. The molecule has 0 aromatic heterocycles. The summed E-state index contributed by atoms with van der Waals surface area (Å²) in [4.78, 5) is 0. The zero-order valence-electron chi connectivity index (χ0n) is 8.31. The molecule has 0 unspecified atom stereocenters. The molecule has 0 heterocycles. The van der Waals surface area contributed by atoms with Gasteiger partial charge >= 0.3 is 7.12 Å². The number of rotatable bonds is 5. The molecule has 1 rings (SSSR count). The number of benzene rings is 1. The maximum absolute atomic E-state index is 13.0. The van der Waals surface area contributed by atoms with Crippen LogP contribution in [0.1, 0.15) is 0 Å². The molecule has 0 fully saturated rings. The fraction of sp³-hybridized carbons (Fsp3) is 0.333. The molecule has 0 aliphatic heterocycles. The first-order valence-corrected chi connectivity index (χ1v) is 4.42. The van der Waals surface area contributed by atoms with Crippen LogP contribution in [0.4, 0.5) is 4.39 Å². The summed E-state index contributed by atoms with van der Waals surface area (Å²) in [5.74, 6) is -0.330. The Balaban J connectivity index is 2.71. The van der Waals surface area contributed by atoms with Crippen molar-refractivity contribution in [2.24, 2.45) is 0 Å². The molecule has 0 amide bonds. The summed E-state index contributed by atoms with van der Waals surface area (Å²) in [5.41, 5.74) is 0.0578. The van der Waals surface area contributed by atoms with Gasteiger partial charge < -0.3 is 19.5 Å². The summed E-state index contributed by atoms with van der Waals surface area (Å²) in [6.45, 7) is 0.661. The molecule has 2 N–H and O–H groups in total. The van der Waals surface area contributed by atoms with E-state index in [9.17, 15) is 4.39 Å². The van der Waals surface area contributed by atoms with E-state index in [2.05, 4.69) is 0 Å². The van der Waals surface area contributed by atoms with Crippen LogP contribution >= 0.6 is 0 Å². The predicted molar refractivity (Wildman–Crippen MR) is 53.6 cm³/mol. The molecular formula is C9H12BFO4. The van der Waals surface area contributed by atoms with Crippen LogP contribution in [0.2, 0.25) is 0 Å². The van der Waals surface area contributed by atoms with Gasteiger partial charge in [-0.1, -0.05) is 0 Å². The van der Waals surface area contributed by atoms with Gasteiger partial charge in [-0.15, -0.1) is 0 Å². The Labute approximate surface area is 87.4 Å². The molecule has 0 aliphatic carbocycles. The van der Waals surface area contributed by atoms with Crippen LogP contribution in [0.5, 0.6) is 5.75 Å². The van der Waals surface area contributed by atoms with Gasteiger partial charge in [-0.05, 0) is 17.6 Å². The van der Waals surface area contributed by atoms with Crippen molar-refractivity contribution in [2.75, 3.05) is 20.3 Å². The minimum absolute atomic E-state index is 0.0578. The Morgan fingerprint density at radius 1 is 1.27 bits per heavy atom. The maximum Gasteiger partial charge on any atom is 0.488 e. The lowest BCUT2D eigenvalue weighted by molar-refractivity contribution is 0.146. The topological polar surface area (TPSA) is 58.9 Å². The largest absolute Gasteiger partial charge is 0.491 e. The van der Waals surface area contributed by atoms with E-state index in [0.717, 1.165) is 6.07 Å². The van der Waals surface area contributed by atoms with Crippen LogP contribution in [0, 0.1) is 5.82 Å². The third-order valence-electron chi connectivity index (χ3n) is 1.75. The summed E-state index contributed by atoms with van der Waals surface area (Å²) >= 11 is 0. The normalized spacial score (nSPS) is 10.1. The Bertz CT molecular complexity index is 319. The van der Waals surface area contributed by atoms with Crippen molar-refractivity contribution in [2.45, 2.75) is 0 Å². The van der Waals surface area contributed by atoms with Crippen molar-refractivity contribution in [3.05, 3.63) is 24.0 Å². The number of hydrogen-bond donors (Lipinski definition) is 2. The Morgan fingerprint density at radius 2 is 2.00 bits per heavy atom. The van der Waals surface area contributed by atoms with E-state index >= 15 is 0 Å². The van der Waals surface area contributed by atoms with Gasteiger partial charge in [0.05, 0.1) is 6.61 Å². The highest BCUT2D eigenvalue weighted by Gasteiger charge is 2.13. The van der Waals surface area contributed by atoms with Gasteiger partial charge in [-0.2, -0.15) is 0 Å². The second-order valence-corrected chi connectivity index (χ2v) is 2.94. The van der Waals surface area contributed by atoms with E-state index in [0.29, 0.717) is 6.61 Å². The Hall–Kier alpha value is -1.11. The summed E-state index contributed by atoms with van der Waals surface area (Å²) < 4.78 is 22.8. The van der Waals surface area contributed by atoms with Crippen molar-refractivity contribution in [3.63, 3.8) is 0 Å². The molecular weight excluding hydrogens is 202 g/mol. The first-order chi connectivity index (χ1) is 7.13. The van der Waals surface area contributed by atoms with Crippen molar-refractivity contribution in [3.8, 4) is 5.75 Å². The van der Waals surface area contributed by atoms with E-state index in [1.54, 1.807) is 0 Å². The molecule has 1 aromatic carbocycles. The van der Waals surface area contributed by atoms with Crippen LogP contribution in [0.3, 0.4) is 0 Å². The molecule has 0 atom stereocenters. The maximum atomic E-state index is 13.0. The number of methoxy groups -OCH3 is 1. The Morgan fingerprint density at radius 3 is 2.60 bits per heavy atom. The highest BCUT2D eigenvalue weighted by Crippen LogP contribution is 2.10. The highest BCUT2D eigenvalue weighted by molar-refractivity contribution is 6.58. The van der Waals surface area contributed by atoms with Crippen LogP contribution in [-0.2, 0) is 4.74 Å². The zero-order valence-corrected chi connectivity index (χ0v) is 8.31. The van der Waals surface area contributed by atoms with Gasteiger partial charge in [-0.25, -0.2) is 4.39 Å². The van der Waals surface area contributed by atoms with E-state index < -0.39 is 12.9 Å². The number of ether oxygens (including phenoxy) is 2. The standard InChI is InChI=1S/C9H12BFO4/c1-14-2-3-15-9-5-7(10(12)13)4-8(11)6-9/h4-6,12-13H,2-3H2,1H3. The van der Waals surface area contributed by atoms with Gasteiger partial charge in [0.15, 0.2) is 0 Å². The fourth-order valence-electron chi connectivity index (χ4n) is 1.06. The second kappa shape index (κ2) is 5.70. The van der Waals surface area contributed by atoms with Crippen LogP contribution < -0.4 is 10.2 Å². The molecule has 6 heteroatoms. The molecule has 0 aliphatic rings. The average molecular weight is 214 g/mol. The van der Waals surface area contributed by atoms with Crippen molar-refractivity contribution in [1.82, 2.24) is 0 Å². The lowest BCUT2D eigenvalue weighted by Gasteiger charge is -2.07. The molecule has 15 heavy (non-hydrogen) atoms. The van der Waals surface area contributed by atoms with Gasteiger partial charge in [-0.3, -0.25) is 0 Å². The summed E-state index contributed by atoms with van der Waals surface area (Å²) in [5, 5.41) is 17.7. The van der Waals surface area contributed by atoms with Crippen molar-refractivity contribution >= 4 is 12.6 Å². The van der Waals surface area contributed by atoms with Crippen LogP contribution in [0.15, 0.2) is 18.2 Å². The van der Waals surface area contributed by atoms with Crippen molar-refractivity contribution in [1.29, 1.82) is 0 Å². The zero-order chi connectivity index (χ0) is 11.3. The molecule has 1 aromatic rings. The molecule has 0 bridgehead atoms. The lowest BCUT2D eigenvalue weighted by atomic mass is 9.80. The minimum Gasteiger partial charge on any atom is -0.491 e. The van der Waals surface area contributed by atoms with Gasteiger partial charge in [0.1, 0.15) is 18.2 Å². The number of hydrogen-bond acceptors (Lipinski definition) is 4. The van der Waals surface area contributed by atoms with Gasteiger partial charge in [0, 0.05) is 13.2 Å². The predicted octanol–water partition coefficient (Wildman–Crippen LogP) is -0.469. The van der Waals surface area contributed by atoms with E-state index in [-0.39, 0.29) is 17.8 Å². The first-order valence-electron chi connectivity index (χ1n) is 4.42. The monoisotopic (exact) mass is 214 g/mol. The highest BCUT2D eigenvalue weighted by atomic mass is 19.1. The molecule has 0 saturated carbocycles. The van der Waals surface area contributed by atoms with E-state index in [4.69, 9.17) is 19.5 Å². The smallest absolute Gasteiger partial charge is 0.488 e. The van der Waals surface area contributed by atoms with Crippen LogP contribution in [-0.4, -0.2) is 37.5 Å². The fourth-order valence-corrected chi connectivity index (χ4v) is 1.06. The molecule has 0 saturated heterocycles. The van der Waals surface area contributed by atoms with Crippen molar-refractivity contribution < 1.29 is 23.9 Å². The Kier molecular flexibility index (Phi) is 4.55. The minimum atomic E-state index is -1.70. The summed E-state index contributed by atoms with van der Waals surface area (Å²) in [6.07, 6.45) is 0. The molecule has 82 valence electrons. The van der Waals surface area contributed by atoms with E-state index in [1.807, 2.05) is 0 Å². The second-order valence-electron chi connectivity index (χ2n) is 2.94. The quantitative estimate of drug-likeness (QED) is 0.513. The average Bonchev–Trinajstić information content (AvgIpc) is 2.17. The summed E-state index contributed by atoms with van der Waals surface area (Å²) in [7, 11) is -0.178. The lowest BCUT2D eigenvalue weighted by Crippen LogP contribution is -2.30. The third-order valence-corrected chi connectivity index (χ3v) is 1.75. The molecule has 0 radical (unpaired) electrons. The van der Waals surface area contributed by atoms with Gasteiger partial charge in [0.2, 0.25) is 0 Å². The van der Waals surface area contributed by atoms with Crippen LogP contribution in [0.25, 0.3) is 0 Å². The first kappa shape index (κ1) is 12.0. The molecule has 4 nitrogen and oxygen atoms in total. The SMILES string of the molecule is COCCOc1cc(F)cc(B(O)O)c1. The summed E-state index contributed by atoms with van der Waals surface area (Å²) in [6, 6.07) is 3.57. The third kappa shape index (κ3) is 3.87. The van der Waals surface area contributed by atoms with Gasteiger partial charge in [0.25, 0.3) is 0 Å². The number of halogens is 1.